The normalized spacial score (nSPS) is 14.4. The number of benzene rings is 2. The molecule has 0 fully saturated rings. The van der Waals surface area contributed by atoms with E-state index in [4.69, 9.17) is 9.90 Å². The molecule has 38 heavy (non-hydrogen) atoms. The Balaban J connectivity index is 0.000000505. The number of anilines is 4. The highest BCUT2D eigenvalue weighted by atomic mass is 32.2. The summed E-state index contributed by atoms with van der Waals surface area (Å²) >= 11 is 0. The molecule has 0 saturated carbocycles. The monoisotopic (exact) mass is 559 g/mol. The quantitative estimate of drug-likeness (QED) is 0.391. The summed E-state index contributed by atoms with van der Waals surface area (Å²) < 4.78 is 85.3. The topological polar surface area (TPSA) is 125 Å². The van der Waals surface area contributed by atoms with Crippen LogP contribution >= 0.6 is 0 Å². The highest BCUT2D eigenvalue weighted by molar-refractivity contribution is 7.89. The fourth-order valence-corrected chi connectivity index (χ4v) is 4.40. The summed E-state index contributed by atoms with van der Waals surface area (Å²) in [4.78, 5) is 19.5. The Morgan fingerprint density at radius 2 is 1.71 bits per heavy atom. The van der Waals surface area contributed by atoms with Gasteiger partial charge in [0, 0.05) is 35.5 Å². The van der Waals surface area contributed by atoms with Gasteiger partial charge in [0.15, 0.2) is 11.6 Å². The van der Waals surface area contributed by atoms with Gasteiger partial charge in [0.25, 0.3) is 0 Å². The lowest BCUT2D eigenvalue weighted by Crippen LogP contribution is -2.25. The molecule has 0 unspecified atom stereocenters. The lowest BCUT2D eigenvalue weighted by molar-refractivity contribution is -0.192. The van der Waals surface area contributed by atoms with Crippen molar-refractivity contribution in [3.63, 3.8) is 0 Å². The minimum absolute atomic E-state index is 0.158. The van der Waals surface area contributed by atoms with Crippen molar-refractivity contribution in [2.75, 3.05) is 23.8 Å². The zero-order valence-corrected chi connectivity index (χ0v) is 21.0. The van der Waals surface area contributed by atoms with Crippen molar-refractivity contribution in [3.05, 3.63) is 66.0 Å². The zero-order valence-electron chi connectivity index (χ0n) is 20.1. The molecule has 3 aromatic rings. The van der Waals surface area contributed by atoms with E-state index in [0.717, 1.165) is 23.4 Å². The molecule has 204 valence electrons. The van der Waals surface area contributed by atoms with E-state index >= 15 is 0 Å². The molecule has 0 amide bonds. The first-order valence-electron chi connectivity index (χ1n) is 10.7. The average molecular weight is 560 g/mol. The van der Waals surface area contributed by atoms with Crippen LogP contribution in [0.1, 0.15) is 19.4 Å². The Morgan fingerprint density at radius 3 is 2.29 bits per heavy atom. The molecule has 0 saturated heterocycles. The number of carbonyl (C=O) groups is 1. The molecule has 3 N–H and O–H groups in total. The van der Waals surface area contributed by atoms with Crippen LogP contribution in [0.25, 0.3) is 0 Å². The first kappa shape index (κ1) is 28.7. The van der Waals surface area contributed by atoms with E-state index in [-0.39, 0.29) is 10.3 Å². The maximum absolute atomic E-state index is 13.5. The number of hydrogen-bond donors (Lipinski definition) is 3. The van der Waals surface area contributed by atoms with Crippen LogP contribution in [0, 0.1) is 11.6 Å². The Morgan fingerprint density at radius 1 is 1.05 bits per heavy atom. The average Bonchev–Trinajstić information content (AvgIpc) is 3.12. The standard InChI is InChI=1S/C21H21F2N5O2S.C2HF3O2/c1-21(2)11-28(18-9-14(5-6-15(18)21)31(29,30)24-3)20-10-19(25-12-26-20)27-13-4-7-16(22)17(23)8-13;3-2(4,5)1(6)7/h4-10,12,24H,11H2,1-3H3,(H,25,26,27);(H,6,7). The van der Waals surface area contributed by atoms with E-state index in [1.807, 2.05) is 11.0 Å². The molecule has 2 aromatic carbocycles. The van der Waals surface area contributed by atoms with Crippen molar-refractivity contribution < 1.29 is 40.3 Å². The Hall–Kier alpha value is -3.85. The molecule has 0 bridgehead atoms. The molecule has 2 heterocycles. The van der Waals surface area contributed by atoms with Gasteiger partial charge in [-0.1, -0.05) is 19.9 Å². The Bertz CT molecular complexity index is 1460. The van der Waals surface area contributed by atoms with Crippen LogP contribution in [0.15, 0.2) is 53.7 Å². The lowest BCUT2D eigenvalue weighted by Gasteiger charge is -2.22. The van der Waals surface area contributed by atoms with Gasteiger partial charge in [0.05, 0.1) is 4.90 Å². The van der Waals surface area contributed by atoms with E-state index in [2.05, 4.69) is 33.9 Å². The minimum Gasteiger partial charge on any atom is -0.475 e. The summed E-state index contributed by atoms with van der Waals surface area (Å²) in [7, 11) is -2.24. The summed E-state index contributed by atoms with van der Waals surface area (Å²) in [5.74, 6) is -3.72. The van der Waals surface area contributed by atoms with E-state index < -0.39 is 33.8 Å². The summed E-state index contributed by atoms with van der Waals surface area (Å²) in [6.07, 6.45) is -3.73. The molecule has 1 aliphatic heterocycles. The van der Waals surface area contributed by atoms with Crippen LogP contribution < -0.4 is 14.9 Å². The van der Waals surface area contributed by atoms with Crippen LogP contribution in [0.2, 0.25) is 0 Å². The molecule has 4 rings (SSSR count). The van der Waals surface area contributed by atoms with Crippen molar-refractivity contribution in [1.82, 2.24) is 14.7 Å². The maximum Gasteiger partial charge on any atom is 0.490 e. The number of aliphatic carboxylic acids is 1. The zero-order chi connectivity index (χ0) is 28.5. The van der Waals surface area contributed by atoms with Gasteiger partial charge in [-0.2, -0.15) is 13.2 Å². The second-order valence-electron chi connectivity index (χ2n) is 8.67. The summed E-state index contributed by atoms with van der Waals surface area (Å²) in [6, 6.07) is 10.2. The number of nitrogens with zero attached hydrogens (tertiary/aromatic N) is 3. The highest BCUT2D eigenvalue weighted by Crippen LogP contribution is 2.44. The van der Waals surface area contributed by atoms with Crippen molar-refractivity contribution in [3.8, 4) is 0 Å². The largest absolute Gasteiger partial charge is 0.490 e. The number of alkyl halides is 3. The van der Waals surface area contributed by atoms with E-state index in [0.29, 0.717) is 23.9 Å². The molecular weight excluding hydrogens is 537 g/mol. The summed E-state index contributed by atoms with van der Waals surface area (Å²) in [5, 5.41) is 10.1. The SMILES string of the molecule is CNS(=O)(=O)c1ccc2c(c1)N(c1cc(Nc3ccc(F)c(F)c3)ncn1)CC2(C)C.O=C(O)C(F)(F)F. The van der Waals surface area contributed by atoms with Gasteiger partial charge in [0.1, 0.15) is 18.0 Å². The molecule has 0 atom stereocenters. The fraction of sp³-hybridized carbons (Fsp3) is 0.261. The van der Waals surface area contributed by atoms with Gasteiger partial charge in [-0.25, -0.2) is 36.7 Å². The first-order chi connectivity index (χ1) is 17.5. The molecule has 1 aromatic heterocycles. The number of halogens is 5. The van der Waals surface area contributed by atoms with Crippen molar-refractivity contribution >= 4 is 39.0 Å². The van der Waals surface area contributed by atoms with E-state index in [9.17, 15) is 30.4 Å². The van der Waals surface area contributed by atoms with E-state index in [1.54, 1.807) is 18.2 Å². The summed E-state index contributed by atoms with van der Waals surface area (Å²) in [5.41, 5.74) is 1.83. The van der Waals surface area contributed by atoms with Crippen LogP contribution in [0.4, 0.5) is 45.0 Å². The third-order valence-electron chi connectivity index (χ3n) is 5.49. The van der Waals surface area contributed by atoms with Gasteiger partial charge in [-0.05, 0) is 36.9 Å². The van der Waals surface area contributed by atoms with Crippen LogP contribution in [-0.2, 0) is 20.2 Å². The van der Waals surface area contributed by atoms with Crippen molar-refractivity contribution in [2.24, 2.45) is 0 Å². The van der Waals surface area contributed by atoms with Gasteiger partial charge < -0.3 is 15.3 Å². The number of carboxylic acids is 1. The Kier molecular flexibility index (Phi) is 7.93. The van der Waals surface area contributed by atoms with Crippen LogP contribution in [0.3, 0.4) is 0 Å². The van der Waals surface area contributed by atoms with Gasteiger partial charge in [0.2, 0.25) is 10.0 Å². The predicted molar refractivity (Wildman–Crippen MR) is 128 cm³/mol. The number of carboxylic acid groups (broad SMARTS) is 1. The number of hydrogen-bond acceptors (Lipinski definition) is 7. The third kappa shape index (κ3) is 6.34. The molecule has 0 aliphatic carbocycles. The molecular formula is C23H22F5N5O4S. The first-order valence-corrected chi connectivity index (χ1v) is 12.2. The van der Waals surface area contributed by atoms with Gasteiger partial charge in [-0.15, -0.1) is 0 Å². The second-order valence-corrected chi connectivity index (χ2v) is 10.6. The Labute approximate surface area is 214 Å². The summed E-state index contributed by atoms with van der Waals surface area (Å²) in [6.45, 7) is 4.71. The van der Waals surface area contributed by atoms with Crippen molar-refractivity contribution in [1.29, 1.82) is 0 Å². The molecule has 0 radical (unpaired) electrons. The van der Waals surface area contributed by atoms with Crippen LogP contribution in [-0.4, -0.2) is 49.2 Å². The van der Waals surface area contributed by atoms with Gasteiger partial charge >= 0.3 is 12.1 Å². The lowest BCUT2D eigenvalue weighted by atomic mass is 9.87. The number of nitrogens with one attached hydrogen (secondary N) is 2. The molecule has 1 aliphatic rings. The second kappa shape index (κ2) is 10.5. The number of fused-ring (bicyclic) bond motifs is 1. The number of aromatic nitrogens is 2. The minimum atomic E-state index is -5.08. The third-order valence-corrected chi connectivity index (χ3v) is 6.90. The molecule has 15 heteroatoms. The van der Waals surface area contributed by atoms with Crippen LogP contribution in [0.5, 0.6) is 0 Å². The van der Waals surface area contributed by atoms with E-state index in [1.165, 1.54) is 19.4 Å². The highest BCUT2D eigenvalue weighted by Gasteiger charge is 2.38. The van der Waals surface area contributed by atoms with Crippen molar-refractivity contribution in [2.45, 2.75) is 30.3 Å². The fourth-order valence-electron chi connectivity index (χ4n) is 3.65. The number of rotatable bonds is 5. The smallest absolute Gasteiger partial charge is 0.475 e. The molecule has 0 spiro atoms. The number of sulfonamides is 1. The molecule has 9 nitrogen and oxygen atoms in total. The van der Waals surface area contributed by atoms with Gasteiger partial charge in [-0.3, -0.25) is 0 Å². The predicted octanol–water partition coefficient (Wildman–Crippen LogP) is 4.47. The maximum atomic E-state index is 13.5.